The molecule has 0 aliphatic rings. The quantitative estimate of drug-likeness (QED) is 0.780. The van der Waals surface area contributed by atoms with E-state index in [4.69, 9.17) is 5.11 Å². The van der Waals surface area contributed by atoms with Crippen LogP contribution in [0.3, 0.4) is 0 Å². The molecule has 3 nitrogen and oxygen atoms in total. The van der Waals surface area contributed by atoms with Gasteiger partial charge in [-0.2, -0.15) is 11.3 Å². The van der Waals surface area contributed by atoms with Gasteiger partial charge < -0.3 is 9.67 Å². The first-order chi connectivity index (χ1) is 8.74. The normalized spacial score (nSPS) is 10.9. The van der Waals surface area contributed by atoms with Gasteiger partial charge in [-0.15, -0.1) is 0 Å². The zero-order valence-electron chi connectivity index (χ0n) is 9.54. The molecule has 0 atom stereocenters. The highest BCUT2D eigenvalue weighted by Gasteiger charge is 2.06. The monoisotopic (exact) mass is 257 g/mol. The van der Waals surface area contributed by atoms with Crippen LogP contribution >= 0.6 is 11.3 Å². The average Bonchev–Trinajstić information content (AvgIpc) is 2.99. The molecule has 2 heterocycles. The van der Waals surface area contributed by atoms with E-state index in [1.807, 2.05) is 18.3 Å². The topological polar surface area (TPSA) is 42.2 Å². The Hall–Kier alpha value is -2.07. The van der Waals surface area contributed by atoms with Crippen molar-refractivity contribution in [3.63, 3.8) is 0 Å². The molecule has 0 fully saturated rings. The minimum Gasteiger partial charge on any atom is -0.478 e. The van der Waals surface area contributed by atoms with Gasteiger partial charge in [0.15, 0.2) is 0 Å². The Balaban J connectivity index is 2.02. The SMILES string of the molecule is O=C(O)c1ccc2c(ccn2Cc2ccsc2)c1. The zero-order chi connectivity index (χ0) is 12.5. The predicted octanol–water partition coefficient (Wildman–Crippen LogP) is 3.45. The molecular weight excluding hydrogens is 246 g/mol. The van der Waals surface area contributed by atoms with Crippen LogP contribution in [-0.4, -0.2) is 15.6 Å². The van der Waals surface area contributed by atoms with Gasteiger partial charge in [0.2, 0.25) is 0 Å². The third kappa shape index (κ3) is 1.91. The zero-order valence-corrected chi connectivity index (χ0v) is 10.4. The van der Waals surface area contributed by atoms with Gasteiger partial charge in [0, 0.05) is 23.6 Å². The molecular formula is C14H11NO2S. The van der Waals surface area contributed by atoms with E-state index in [1.54, 1.807) is 23.5 Å². The van der Waals surface area contributed by atoms with Crippen molar-refractivity contribution < 1.29 is 9.90 Å². The minimum atomic E-state index is -0.887. The van der Waals surface area contributed by atoms with Crippen LogP contribution < -0.4 is 0 Å². The van der Waals surface area contributed by atoms with E-state index in [-0.39, 0.29) is 0 Å². The van der Waals surface area contributed by atoms with Crippen molar-refractivity contribution >= 4 is 28.2 Å². The van der Waals surface area contributed by atoms with Gasteiger partial charge in [0.05, 0.1) is 5.56 Å². The molecule has 0 unspecified atom stereocenters. The second-order valence-electron chi connectivity index (χ2n) is 4.15. The van der Waals surface area contributed by atoms with E-state index < -0.39 is 5.97 Å². The average molecular weight is 257 g/mol. The number of carboxylic acids is 1. The van der Waals surface area contributed by atoms with Crippen molar-refractivity contribution in [2.75, 3.05) is 0 Å². The third-order valence-corrected chi connectivity index (χ3v) is 3.68. The fourth-order valence-electron chi connectivity index (χ4n) is 2.05. The number of thiophene rings is 1. The standard InChI is InChI=1S/C14H11NO2S/c16-14(17)12-1-2-13-11(7-12)3-5-15(13)8-10-4-6-18-9-10/h1-7,9H,8H2,(H,16,17). The molecule has 3 aromatic rings. The van der Waals surface area contributed by atoms with Crippen molar-refractivity contribution in [3.05, 3.63) is 58.4 Å². The molecule has 0 saturated carbocycles. The Morgan fingerprint density at radius 3 is 2.89 bits per heavy atom. The Bertz CT molecular complexity index is 698. The van der Waals surface area contributed by atoms with Gasteiger partial charge >= 0.3 is 5.97 Å². The summed E-state index contributed by atoms with van der Waals surface area (Å²) in [6.07, 6.45) is 1.99. The number of rotatable bonds is 3. The number of carbonyl (C=O) groups is 1. The fourth-order valence-corrected chi connectivity index (χ4v) is 2.71. The molecule has 0 radical (unpaired) electrons. The number of hydrogen-bond acceptors (Lipinski definition) is 2. The van der Waals surface area contributed by atoms with Crippen LogP contribution in [-0.2, 0) is 6.54 Å². The molecule has 0 spiro atoms. The number of carboxylic acid groups (broad SMARTS) is 1. The lowest BCUT2D eigenvalue weighted by atomic mass is 10.1. The lowest BCUT2D eigenvalue weighted by Crippen LogP contribution is -1.98. The summed E-state index contributed by atoms with van der Waals surface area (Å²) >= 11 is 1.68. The smallest absolute Gasteiger partial charge is 0.335 e. The van der Waals surface area contributed by atoms with E-state index >= 15 is 0 Å². The van der Waals surface area contributed by atoms with E-state index in [1.165, 1.54) is 5.56 Å². The minimum absolute atomic E-state index is 0.329. The highest BCUT2D eigenvalue weighted by Crippen LogP contribution is 2.19. The number of aromatic carboxylic acids is 1. The molecule has 3 rings (SSSR count). The van der Waals surface area contributed by atoms with Crippen LogP contribution in [0.2, 0.25) is 0 Å². The molecule has 0 bridgehead atoms. The van der Waals surface area contributed by atoms with Crippen LogP contribution in [0.1, 0.15) is 15.9 Å². The van der Waals surface area contributed by atoms with E-state index in [2.05, 4.69) is 21.4 Å². The summed E-state index contributed by atoms with van der Waals surface area (Å²) in [6, 6.07) is 9.28. The van der Waals surface area contributed by atoms with E-state index in [0.717, 1.165) is 17.4 Å². The summed E-state index contributed by atoms with van der Waals surface area (Å²) in [5.41, 5.74) is 2.65. The first-order valence-corrected chi connectivity index (χ1v) is 6.51. The van der Waals surface area contributed by atoms with Gasteiger partial charge in [-0.3, -0.25) is 0 Å². The Kier molecular flexibility index (Phi) is 2.64. The van der Waals surface area contributed by atoms with Gasteiger partial charge in [-0.25, -0.2) is 4.79 Å². The summed E-state index contributed by atoms with van der Waals surface area (Å²) in [4.78, 5) is 10.9. The van der Waals surface area contributed by atoms with Gasteiger partial charge in [0.1, 0.15) is 0 Å². The Morgan fingerprint density at radius 1 is 1.28 bits per heavy atom. The molecule has 2 aromatic heterocycles. The van der Waals surface area contributed by atoms with Crippen LogP contribution in [0.4, 0.5) is 0 Å². The largest absolute Gasteiger partial charge is 0.478 e. The second kappa shape index (κ2) is 4.31. The summed E-state index contributed by atoms with van der Waals surface area (Å²) < 4.78 is 2.13. The van der Waals surface area contributed by atoms with Crippen LogP contribution in [0, 0.1) is 0 Å². The van der Waals surface area contributed by atoms with Crippen LogP contribution in [0.5, 0.6) is 0 Å². The molecule has 18 heavy (non-hydrogen) atoms. The molecule has 0 aliphatic heterocycles. The van der Waals surface area contributed by atoms with Crippen LogP contribution in [0.15, 0.2) is 47.3 Å². The van der Waals surface area contributed by atoms with E-state index in [0.29, 0.717) is 5.56 Å². The number of benzene rings is 1. The van der Waals surface area contributed by atoms with Crippen molar-refractivity contribution in [3.8, 4) is 0 Å². The van der Waals surface area contributed by atoms with Gasteiger partial charge in [-0.05, 0) is 46.7 Å². The highest BCUT2D eigenvalue weighted by atomic mass is 32.1. The molecule has 0 amide bonds. The fraction of sp³-hybridized carbons (Fsp3) is 0.0714. The molecule has 0 aliphatic carbocycles. The van der Waals surface area contributed by atoms with Crippen molar-refractivity contribution in [1.29, 1.82) is 0 Å². The summed E-state index contributed by atoms with van der Waals surface area (Å²) in [7, 11) is 0. The third-order valence-electron chi connectivity index (χ3n) is 2.95. The summed E-state index contributed by atoms with van der Waals surface area (Å²) in [5.74, 6) is -0.887. The molecule has 1 N–H and O–H groups in total. The number of hydrogen-bond donors (Lipinski definition) is 1. The second-order valence-corrected chi connectivity index (χ2v) is 4.93. The molecule has 1 aromatic carbocycles. The van der Waals surface area contributed by atoms with Gasteiger partial charge in [0.25, 0.3) is 0 Å². The van der Waals surface area contributed by atoms with Crippen LogP contribution in [0.25, 0.3) is 10.9 Å². The number of nitrogens with zero attached hydrogens (tertiary/aromatic N) is 1. The molecule has 90 valence electrons. The lowest BCUT2D eigenvalue weighted by Gasteiger charge is -2.04. The Morgan fingerprint density at radius 2 is 2.17 bits per heavy atom. The van der Waals surface area contributed by atoms with Gasteiger partial charge in [-0.1, -0.05) is 0 Å². The van der Waals surface area contributed by atoms with Crippen molar-refractivity contribution in [1.82, 2.24) is 4.57 Å². The van der Waals surface area contributed by atoms with E-state index in [9.17, 15) is 4.79 Å². The lowest BCUT2D eigenvalue weighted by molar-refractivity contribution is 0.0697. The van der Waals surface area contributed by atoms with Crippen molar-refractivity contribution in [2.24, 2.45) is 0 Å². The molecule has 0 saturated heterocycles. The first-order valence-electron chi connectivity index (χ1n) is 5.57. The summed E-state index contributed by atoms with van der Waals surface area (Å²) in [6.45, 7) is 0.819. The summed E-state index contributed by atoms with van der Waals surface area (Å²) in [5, 5.41) is 14.1. The number of fused-ring (bicyclic) bond motifs is 1. The predicted molar refractivity (Wildman–Crippen MR) is 72.3 cm³/mol. The highest BCUT2D eigenvalue weighted by molar-refractivity contribution is 7.07. The Labute approximate surface area is 108 Å². The maximum atomic E-state index is 10.9. The molecule has 4 heteroatoms. The maximum absolute atomic E-state index is 10.9. The number of aromatic nitrogens is 1. The maximum Gasteiger partial charge on any atom is 0.335 e. The van der Waals surface area contributed by atoms with Crippen molar-refractivity contribution in [2.45, 2.75) is 6.54 Å². The first kappa shape index (κ1) is 11.0.